The van der Waals surface area contributed by atoms with Gasteiger partial charge in [0.1, 0.15) is 0 Å². The molecule has 1 rings (SSSR count). The van der Waals surface area contributed by atoms with Gasteiger partial charge in [0.15, 0.2) is 0 Å². The standard InChI is InChI=1S/C13H20ClNO2S/c1-4-9-18(16,17)15-13(10(2)3)11-5-7-12(14)8-6-11/h5-8,10,13,15H,4,9H2,1-3H3. The fourth-order valence-corrected chi connectivity index (χ4v) is 3.36. The summed E-state index contributed by atoms with van der Waals surface area (Å²) >= 11 is 5.84. The van der Waals surface area contributed by atoms with Crippen molar-refractivity contribution < 1.29 is 8.42 Å². The first-order valence-electron chi connectivity index (χ1n) is 6.11. The molecule has 0 aliphatic heterocycles. The van der Waals surface area contributed by atoms with Crippen molar-refractivity contribution in [1.29, 1.82) is 0 Å². The van der Waals surface area contributed by atoms with E-state index in [1.165, 1.54) is 0 Å². The van der Waals surface area contributed by atoms with Crippen LogP contribution in [0.2, 0.25) is 5.02 Å². The highest BCUT2D eigenvalue weighted by Gasteiger charge is 2.21. The second kappa shape index (κ2) is 6.55. The lowest BCUT2D eigenvalue weighted by atomic mass is 9.97. The van der Waals surface area contributed by atoms with Crippen LogP contribution in [-0.2, 0) is 10.0 Å². The number of sulfonamides is 1. The first-order chi connectivity index (χ1) is 8.35. The number of nitrogens with one attached hydrogen (secondary N) is 1. The molecule has 0 bridgehead atoms. The minimum Gasteiger partial charge on any atom is -0.212 e. The summed E-state index contributed by atoms with van der Waals surface area (Å²) in [6, 6.07) is 7.07. The van der Waals surface area contributed by atoms with Gasteiger partial charge in [-0.25, -0.2) is 13.1 Å². The molecular formula is C13H20ClNO2S. The normalized spacial score (nSPS) is 13.8. The van der Waals surface area contributed by atoms with Crippen LogP contribution >= 0.6 is 11.6 Å². The van der Waals surface area contributed by atoms with E-state index in [0.717, 1.165) is 5.56 Å². The molecule has 5 heteroatoms. The van der Waals surface area contributed by atoms with Crippen LogP contribution in [-0.4, -0.2) is 14.2 Å². The molecule has 0 spiro atoms. The zero-order valence-electron chi connectivity index (χ0n) is 11.0. The van der Waals surface area contributed by atoms with Gasteiger partial charge in [0, 0.05) is 11.1 Å². The van der Waals surface area contributed by atoms with Crippen molar-refractivity contribution in [3.05, 3.63) is 34.9 Å². The molecule has 1 aromatic carbocycles. The predicted octanol–water partition coefficient (Wildman–Crippen LogP) is 3.37. The summed E-state index contributed by atoms with van der Waals surface area (Å²) in [6.07, 6.45) is 0.612. The molecule has 0 aromatic heterocycles. The summed E-state index contributed by atoms with van der Waals surface area (Å²) in [4.78, 5) is 0. The molecular weight excluding hydrogens is 270 g/mol. The third-order valence-electron chi connectivity index (χ3n) is 2.68. The molecule has 1 N–H and O–H groups in total. The van der Waals surface area contributed by atoms with Gasteiger partial charge in [0.05, 0.1) is 5.75 Å². The largest absolute Gasteiger partial charge is 0.212 e. The maximum Gasteiger partial charge on any atom is 0.212 e. The Balaban J connectivity index is 2.94. The second-order valence-electron chi connectivity index (χ2n) is 4.71. The number of hydrogen-bond acceptors (Lipinski definition) is 2. The zero-order valence-corrected chi connectivity index (χ0v) is 12.6. The molecule has 0 aliphatic rings. The van der Waals surface area contributed by atoms with Crippen molar-refractivity contribution in [3.8, 4) is 0 Å². The summed E-state index contributed by atoms with van der Waals surface area (Å²) in [5, 5.41) is 0.651. The van der Waals surface area contributed by atoms with Crippen LogP contribution in [0.15, 0.2) is 24.3 Å². The van der Waals surface area contributed by atoms with Crippen LogP contribution in [0.5, 0.6) is 0 Å². The van der Waals surface area contributed by atoms with Crippen LogP contribution < -0.4 is 4.72 Å². The number of hydrogen-bond donors (Lipinski definition) is 1. The highest BCUT2D eigenvalue weighted by Crippen LogP contribution is 2.24. The Morgan fingerprint density at radius 2 is 1.78 bits per heavy atom. The Kier molecular flexibility index (Phi) is 5.63. The second-order valence-corrected chi connectivity index (χ2v) is 7.02. The monoisotopic (exact) mass is 289 g/mol. The molecule has 0 aliphatic carbocycles. The van der Waals surface area contributed by atoms with Crippen molar-refractivity contribution in [2.45, 2.75) is 33.2 Å². The van der Waals surface area contributed by atoms with E-state index >= 15 is 0 Å². The van der Waals surface area contributed by atoms with Crippen LogP contribution in [0.3, 0.4) is 0 Å². The molecule has 1 atom stereocenters. The van der Waals surface area contributed by atoms with Crippen LogP contribution in [0.4, 0.5) is 0 Å². The Labute approximate surface area is 115 Å². The molecule has 0 amide bonds. The van der Waals surface area contributed by atoms with E-state index in [2.05, 4.69) is 4.72 Å². The van der Waals surface area contributed by atoms with E-state index in [1.807, 2.05) is 32.9 Å². The fourth-order valence-electron chi connectivity index (χ4n) is 1.78. The SMILES string of the molecule is CCCS(=O)(=O)NC(c1ccc(Cl)cc1)C(C)C. The Morgan fingerprint density at radius 3 is 2.22 bits per heavy atom. The van der Waals surface area contributed by atoms with Crippen LogP contribution in [0.1, 0.15) is 38.8 Å². The number of rotatable bonds is 6. The van der Waals surface area contributed by atoms with Crippen molar-refractivity contribution in [2.24, 2.45) is 5.92 Å². The molecule has 0 saturated carbocycles. The van der Waals surface area contributed by atoms with E-state index in [4.69, 9.17) is 11.6 Å². The maximum absolute atomic E-state index is 11.8. The van der Waals surface area contributed by atoms with E-state index < -0.39 is 10.0 Å². The third-order valence-corrected chi connectivity index (χ3v) is 4.49. The summed E-state index contributed by atoms with van der Waals surface area (Å²) in [5.74, 6) is 0.335. The number of benzene rings is 1. The van der Waals surface area contributed by atoms with Gasteiger partial charge in [-0.05, 0) is 30.0 Å². The van der Waals surface area contributed by atoms with Gasteiger partial charge in [0.2, 0.25) is 10.0 Å². The highest BCUT2D eigenvalue weighted by molar-refractivity contribution is 7.89. The molecule has 3 nitrogen and oxygen atoms in total. The molecule has 0 fully saturated rings. The lowest BCUT2D eigenvalue weighted by Crippen LogP contribution is -2.33. The van der Waals surface area contributed by atoms with Gasteiger partial charge in [-0.3, -0.25) is 0 Å². The van der Waals surface area contributed by atoms with Gasteiger partial charge in [-0.2, -0.15) is 0 Å². The van der Waals surface area contributed by atoms with Gasteiger partial charge in [0.25, 0.3) is 0 Å². The van der Waals surface area contributed by atoms with Gasteiger partial charge < -0.3 is 0 Å². The van der Waals surface area contributed by atoms with E-state index in [9.17, 15) is 8.42 Å². The molecule has 18 heavy (non-hydrogen) atoms. The smallest absolute Gasteiger partial charge is 0.212 e. The van der Waals surface area contributed by atoms with Gasteiger partial charge in [-0.15, -0.1) is 0 Å². The van der Waals surface area contributed by atoms with E-state index in [1.54, 1.807) is 12.1 Å². The molecule has 0 saturated heterocycles. The maximum atomic E-state index is 11.8. The van der Waals surface area contributed by atoms with E-state index in [0.29, 0.717) is 11.4 Å². The van der Waals surface area contributed by atoms with Crippen molar-refractivity contribution in [3.63, 3.8) is 0 Å². The molecule has 1 aromatic rings. The van der Waals surface area contributed by atoms with Crippen molar-refractivity contribution in [1.82, 2.24) is 4.72 Å². The van der Waals surface area contributed by atoms with Gasteiger partial charge >= 0.3 is 0 Å². The topological polar surface area (TPSA) is 46.2 Å². The molecule has 0 radical (unpaired) electrons. The summed E-state index contributed by atoms with van der Waals surface area (Å²) in [5.41, 5.74) is 0.939. The lowest BCUT2D eigenvalue weighted by Gasteiger charge is -2.22. The molecule has 102 valence electrons. The molecule has 0 heterocycles. The highest BCUT2D eigenvalue weighted by atomic mass is 35.5. The fraction of sp³-hybridized carbons (Fsp3) is 0.538. The Hall–Kier alpha value is -0.580. The first-order valence-corrected chi connectivity index (χ1v) is 8.14. The quantitative estimate of drug-likeness (QED) is 0.873. The lowest BCUT2D eigenvalue weighted by molar-refractivity contribution is 0.463. The van der Waals surface area contributed by atoms with Gasteiger partial charge in [-0.1, -0.05) is 44.5 Å². The zero-order chi connectivity index (χ0) is 13.8. The number of halogens is 1. The minimum atomic E-state index is -3.22. The predicted molar refractivity (Wildman–Crippen MR) is 76.2 cm³/mol. The summed E-state index contributed by atoms with van der Waals surface area (Å²) in [6.45, 7) is 5.84. The third kappa shape index (κ3) is 4.59. The minimum absolute atomic E-state index is 0.157. The van der Waals surface area contributed by atoms with Crippen molar-refractivity contribution >= 4 is 21.6 Å². The van der Waals surface area contributed by atoms with E-state index in [-0.39, 0.29) is 17.7 Å². The molecule has 1 unspecified atom stereocenters. The average molecular weight is 290 g/mol. The summed E-state index contributed by atoms with van der Waals surface area (Å²) in [7, 11) is -3.22. The van der Waals surface area contributed by atoms with Crippen LogP contribution in [0, 0.1) is 5.92 Å². The Bertz CT molecular complexity index is 468. The first kappa shape index (κ1) is 15.5. The van der Waals surface area contributed by atoms with Crippen LogP contribution in [0.25, 0.3) is 0 Å². The Morgan fingerprint density at radius 1 is 1.22 bits per heavy atom. The average Bonchev–Trinajstić information content (AvgIpc) is 2.27. The van der Waals surface area contributed by atoms with Crippen molar-refractivity contribution in [2.75, 3.05) is 5.75 Å². The summed E-state index contributed by atoms with van der Waals surface area (Å²) < 4.78 is 26.5.